The van der Waals surface area contributed by atoms with Gasteiger partial charge in [0.05, 0.1) is 25.1 Å². The van der Waals surface area contributed by atoms with Crippen LogP contribution in [-0.2, 0) is 0 Å². The normalized spacial score (nSPS) is 13.8. The molecule has 1 unspecified atom stereocenters. The van der Waals surface area contributed by atoms with E-state index < -0.39 is 0 Å². The van der Waals surface area contributed by atoms with E-state index in [1.165, 1.54) is 0 Å². The van der Waals surface area contributed by atoms with Gasteiger partial charge in [-0.25, -0.2) is 0 Å². The van der Waals surface area contributed by atoms with Crippen molar-refractivity contribution in [1.29, 1.82) is 0 Å². The van der Waals surface area contributed by atoms with Crippen molar-refractivity contribution in [3.63, 3.8) is 0 Å². The molecule has 0 bridgehead atoms. The molecule has 158 valence electrons. The number of aliphatic hydroxyl groups is 1. The maximum Gasteiger partial charge on any atom is 0.161 e. The quantitative estimate of drug-likeness (QED) is 0.424. The highest BCUT2D eigenvalue weighted by Gasteiger charge is 2.21. The summed E-state index contributed by atoms with van der Waals surface area (Å²) in [7, 11) is 0. The molecule has 7 nitrogen and oxygen atoms in total. The van der Waals surface area contributed by atoms with Gasteiger partial charge < -0.3 is 24.3 Å². The fraction of sp³-hybridized carbons (Fsp3) is 0.208. The van der Waals surface area contributed by atoms with E-state index in [0.717, 1.165) is 45.2 Å². The second-order valence-corrected chi connectivity index (χ2v) is 7.27. The fourth-order valence-corrected chi connectivity index (χ4v) is 3.84. The molecule has 2 aromatic carbocycles. The van der Waals surface area contributed by atoms with Crippen LogP contribution < -0.4 is 14.8 Å². The summed E-state index contributed by atoms with van der Waals surface area (Å²) in [6.07, 6.45) is 3.43. The summed E-state index contributed by atoms with van der Waals surface area (Å²) in [5.74, 6) is 2.28. The average molecular weight is 417 g/mol. The Bertz CT molecular complexity index is 1140. The second kappa shape index (κ2) is 8.67. The Balaban J connectivity index is 1.46. The van der Waals surface area contributed by atoms with Gasteiger partial charge in [0.15, 0.2) is 17.3 Å². The van der Waals surface area contributed by atoms with E-state index in [-0.39, 0.29) is 12.6 Å². The highest BCUT2D eigenvalue weighted by atomic mass is 16.6. The lowest BCUT2D eigenvalue weighted by Gasteiger charge is -2.20. The zero-order valence-electron chi connectivity index (χ0n) is 16.9. The van der Waals surface area contributed by atoms with Gasteiger partial charge in [0.25, 0.3) is 0 Å². The van der Waals surface area contributed by atoms with Crippen LogP contribution in [0.5, 0.6) is 11.5 Å². The molecular formula is C24H23N3O4. The minimum atomic E-state index is -0.152. The predicted octanol–water partition coefficient (Wildman–Crippen LogP) is 3.78. The summed E-state index contributed by atoms with van der Waals surface area (Å²) in [5.41, 5.74) is 4.98. The molecule has 31 heavy (non-hydrogen) atoms. The summed E-state index contributed by atoms with van der Waals surface area (Å²) in [6, 6.07) is 17.9. The zero-order chi connectivity index (χ0) is 21.0. The van der Waals surface area contributed by atoms with Gasteiger partial charge in [-0.3, -0.25) is 5.10 Å². The Morgan fingerprint density at radius 2 is 1.81 bits per heavy atom. The van der Waals surface area contributed by atoms with Gasteiger partial charge in [0.1, 0.15) is 18.9 Å². The average Bonchev–Trinajstić information content (AvgIpc) is 3.52. The molecule has 0 aliphatic carbocycles. The summed E-state index contributed by atoms with van der Waals surface area (Å²) in [5, 5.41) is 20.0. The maximum atomic E-state index is 9.38. The summed E-state index contributed by atoms with van der Waals surface area (Å²) in [4.78, 5) is 0. The molecule has 2 aromatic heterocycles. The molecule has 4 aromatic rings. The molecule has 0 radical (unpaired) electrons. The van der Waals surface area contributed by atoms with E-state index >= 15 is 0 Å². The SMILES string of the molecule is OCCNC(c1ccc(-c2ccc3c(c2)OCCO3)cc1)c1cn[nH]c1-c1ccco1. The molecule has 1 aliphatic rings. The van der Waals surface area contributed by atoms with E-state index in [0.29, 0.717) is 19.8 Å². The first kappa shape index (κ1) is 19.4. The number of nitrogens with zero attached hydrogens (tertiary/aromatic N) is 1. The van der Waals surface area contributed by atoms with E-state index in [1.807, 2.05) is 30.3 Å². The van der Waals surface area contributed by atoms with Gasteiger partial charge in [0.2, 0.25) is 0 Å². The van der Waals surface area contributed by atoms with Crippen LogP contribution in [0.25, 0.3) is 22.6 Å². The second-order valence-electron chi connectivity index (χ2n) is 7.27. The number of fused-ring (bicyclic) bond motifs is 1. The minimum Gasteiger partial charge on any atom is -0.486 e. The molecule has 1 atom stereocenters. The molecule has 5 rings (SSSR count). The standard InChI is InChI=1S/C24H23N3O4/c28-10-9-25-23(19-15-26-27-24(19)21-2-1-11-29-21)17-5-3-16(4-6-17)18-7-8-20-22(14-18)31-13-12-30-20/h1-8,11,14-15,23,25,28H,9-10,12-13H2,(H,26,27). The summed E-state index contributed by atoms with van der Waals surface area (Å²) >= 11 is 0. The molecule has 0 saturated heterocycles. The number of H-pyrrole nitrogens is 1. The molecule has 1 aliphatic heterocycles. The van der Waals surface area contributed by atoms with Crippen LogP contribution in [0.15, 0.2) is 71.5 Å². The van der Waals surface area contributed by atoms with E-state index in [1.54, 1.807) is 12.5 Å². The third-order valence-electron chi connectivity index (χ3n) is 5.33. The van der Waals surface area contributed by atoms with Crippen LogP contribution in [-0.4, -0.2) is 41.7 Å². The first-order valence-corrected chi connectivity index (χ1v) is 10.2. The highest BCUT2D eigenvalue weighted by Crippen LogP contribution is 2.36. The molecule has 0 fully saturated rings. The van der Waals surface area contributed by atoms with Crippen molar-refractivity contribution in [1.82, 2.24) is 15.5 Å². The Morgan fingerprint density at radius 3 is 2.58 bits per heavy atom. The Hall–Kier alpha value is -3.55. The molecule has 7 heteroatoms. The lowest BCUT2D eigenvalue weighted by molar-refractivity contribution is 0.171. The number of rotatable bonds is 7. The van der Waals surface area contributed by atoms with E-state index in [9.17, 15) is 5.11 Å². The van der Waals surface area contributed by atoms with Crippen LogP contribution >= 0.6 is 0 Å². The monoisotopic (exact) mass is 417 g/mol. The van der Waals surface area contributed by atoms with Gasteiger partial charge in [-0.05, 0) is 41.0 Å². The Morgan fingerprint density at radius 1 is 1.00 bits per heavy atom. The first-order valence-electron chi connectivity index (χ1n) is 10.2. The van der Waals surface area contributed by atoms with Crippen molar-refractivity contribution >= 4 is 0 Å². The Kier molecular flexibility index (Phi) is 5.43. The fourth-order valence-electron chi connectivity index (χ4n) is 3.84. The number of hydrogen-bond acceptors (Lipinski definition) is 6. The number of aromatic nitrogens is 2. The van der Waals surface area contributed by atoms with Gasteiger partial charge in [0, 0.05) is 12.1 Å². The van der Waals surface area contributed by atoms with Crippen molar-refractivity contribution < 1.29 is 19.0 Å². The van der Waals surface area contributed by atoms with Crippen LogP contribution in [0.4, 0.5) is 0 Å². The lowest BCUT2D eigenvalue weighted by atomic mass is 9.95. The first-order chi connectivity index (χ1) is 15.3. The summed E-state index contributed by atoms with van der Waals surface area (Å²) in [6.45, 7) is 1.64. The molecular weight excluding hydrogens is 394 g/mol. The van der Waals surface area contributed by atoms with E-state index in [4.69, 9.17) is 13.9 Å². The molecule has 0 spiro atoms. The molecule has 3 N–H and O–H groups in total. The number of hydrogen-bond donors (Lipinski definition) is 3. The van der Waals surface area contributed by atoms with Crippen molar-refractivity contribution in [2.45, 2.75) is 6.04 Å². The number of aliphatic hydroxyl groups excluding tert-OH is 1. The lowest BCUT2D eigenvalue weighted by Crippen LogP contribution is -2.25. The van der Waals surface area contributed by atoms with Crippen LogP contribution in [0, 0.1) is 0 Å². The summed E-state index contributed by atoms with van der Waals surface area (Å²) < 4.78 is 16.9. The van der Waals surface area contributed by atoms with Gasteiger partial charge in [-0.15, -0.1) is 0 Å². The van der Waals surface area contributed by atoms with Gasteiger partial charge in [-0.2, -0.15) is 5.10 Å². The predicted molar refractivity (Wildman–Crippen MR) is 116 cm³/mol. The van der Waals surface area contributed by atoms with Gasteiger partial charge >= 0.3 is 0 Å². The number of benzene rings is 2. The minimum absolute atomic E-state index is 0.0414. The van der Waals surface area contributed by atoms with Crippen molar-refractivity contribution in [2.75, 3.05) is 26.4 Å². The number of aromatic amines is 1. The number of furan rings is 1. The molecule has 0 saturated carbocycles. The number of nitrogens with one attached hydrogen (secondary N) is 2. The number of ether oxygens (including phenoxy) is 2. The largest absolute Gasteiger partial charge is 0.486 e. The topological polar surface area (TPSA) is 92.5 Å². The maximum absolute atomic E-state index is 9.38. The van der Waals surface area contributed by atoms with Crippen LogP contribution in [0.1, 0.15) is 17.2 Å². The van der Waals surface area contributed by atoms with Gasteiger partial charge in [-0.1, -0.05) is 30.3 Å². The van der Waals surface area contributed by atoms with E-state index in [2.05, 4.69) is 39.8 Å². The third-order valence-corrected chi connectivity index (χ3v) is 5.33. The van der Waals surface area contributed by atoms with Crippen molar-refractivity contribution in [3.05, 3.63) is 78.2 Å². The van der Waals surface area contributed by atoms with Crippen LogP contribution in [0.2, 0.25) is 0 Å². The Labute approximate surface area is 179 Å². The smallest absolute Gasteiger partial charge is 0.161 e. The molecule has 3 heterocycles. The van der Waals surface area contributed by atoms with Crippen molar-refractivity contribution in [3.8, 4) is 34.1 Å². The zero-order valence-corrected chi connectivity index (χ0v) is 16.9. The van der Waals surface area contributed by atoms with Crippen molar-refractivity contribution in [2.24, 2.45) is 0 Å². The third kappa shape index (κ3) is 3.93. The highest BCUT2D eigenvalue weighted by molar-refractivity contribution is 5.68. The van der Waals surface area contributed by atoms with Crippen LogP contribution in [0.3, 0.4) is 0 Å². The molecule has 0 amide bonds.